The number of hydrogen-bond donors (Lipinski definition) is 1. The van der Waals surface area contributed by atoms with Gasteiger partial charge in [0.15, 0.2) is 0 Å². The van der Waals surface area contributed by atoms with E-state index in [0.29, 0.717) is 17.3 Å². The molecule has 26 heavy (non-hydrogen) atoms. The number of rotatable bonds is 5. The minimum atomic E-state index is -0.373. The highest BCUT2D eigenvalue weighted by Gasteiger charge is 2.26. The zero-order valence-electron chi connectivity index (χ0n) is 14.7. The highest BCUT2D eigenvalue weighted by atomic mass is 127. The number of hydrogen-bond acceptors (Lipinski definition) is 5. The van der Waals surface area contributed by atoms with Crippen LogP contribution < -0.4 is 5.32 Å². The minimum Gasteiger partial charge on any atom is -0.340 e. The summed E-state index contributed by atoms with van der Waals surface area (Å²) in [6, 6.07) is 8.93. The standard InChI is InChI=1S/C19H19IN4O2/c1-11(2)16(22-18(25)14-6-4-5-12(3)15(14)20)19-23-17(24-26-19)13-7-9-21-10-8-13/h4-11,16H,1-3H3,(H,22,25). The summed E-state index contributed by atoms with van der Waals surface area (Å²) in [5.74, 6) is 0.808. The van der Waals surface area contributed by atoms with Crippen LogP contribution in [0.5, 0.6) is 0 Å². The lowest BCUT2D eigenvalue weighted by atomic mass is 10.0. The van der Waals surface area contributed by atoms with Crippen molar-refractivity contribution in [1.82, 2.24) is 20.4 Å². The predicted octanol–water partition coefficient (Wildman–Crippen LogP) is 4.17. The van der Waals surface area contributed by atoms with E-state index in [9.17, 15) is 4.79 Å². The SMILES string of the molecule is Cc1cccc(C(=O)NC(c2nc(-c3ccncc3)no2)C(C)C)c1I. The van der Waals surface area contributed by atoms with Gasteiger partial charge in [0.25, 0.3) is 5.91 Å². The van der Waals surface area contributed by atoms with Crippen LogP contribution in [-0.4, -0.2) is 21.0 Å². The van der Waals surface area contributed by atoms with E-state index in [4.69, 9.17) is 4.52 Å². The summed E-state index contributed by atoms with van der Waals surface area (Å²) in [6.45, 7) is 5.99. The quantitative estimate of drug-likeness (QED) is 0.576. The molecule has 1 amide bonds. The van der Waals surface area contributed by atoms with Crippen LogP contribution in [0.25, 0.3) is 11.4 Å². The van der Waals surface area contributed by atoms with Gasteiger partial charge in [-0.2, -0.15) is 4.98 Å². The lowest BCUT2D eigenvalue weighted by Gasteiger charge is -2.19. The number of benzene rings is 1. The van der Waals surface area contributed by atoms with Crippen LogP contribution in [0.2, 0.25) is 0 Å². The van der Waals surface area contributed by atoms with E-state index in [1.807, 2.05) is 51.1 Å². The van der Waals surface area contributed by atoms with Gasteiger partial charge in [0.1, 0.15) is 6.04 Å². The molecule has 0 saturated heterocycles. The van der Waals surface area contributed by atoms with Crippen LogP contribution in [0.1, 0.15) is 41.7 Å². The fourth-order valence-corrected chi connectivity index (χ4v) is 3.14. The first-order valence-electron chi connectivity index (χ1n) is 8.27. The van der Waals surface area contributed by atoms with Gasteiger partial charge in [-0.25, -0.2) is 0 Å². The molecule has 2 heterocycles. The number of pyridine rings is 1. The maximum Gasteiger partial charge on any atom is 0.253 e. The van der Waals surface area contributed by atoms with E-state index >= 15 is 0 Å². The second kappa shape index (κ2) is 7.94. The van der Waals surface area contributed by atoms with E-state index in [-0.39, 0.29) is 17.9 Å². The highest BCUT2D eigenvalue weighted by molar-refractivity contribution is 14.1. The van der Waals surface area contributed by atoms with E-state index in [1.165, 1.54) is 0 Å². The normalized spacial score (nSPS) is 12.2. The first-order chi connectivity index (χ1) is 12.5. The average Bonchev–Trinajstić information content (AvgIpc) is 3.12. The van der Waals surface area contributed by atoms with Crippen molar-refractivity contribution in [2.24, 2.45) is 5.92 Å². The van der Waals surface area contributed by atoms with Crippen LogP contribution in [0, 0.1) is 16.4 Å². The summed E-state index contributed by atoms with van der Waals surface area (Å²) in [5, 5.41) is 7.06. The number of amides is 1. The highest BCUT2D eigenvalue weighted by Crippen LogP contribution is 2.25. The largest absolute Gasteiger partial charge is 0.340 e. The number of halogens is 1. The predicted molar refractivity (Wildman–Crippen MR) is 106 cm³/mol. The Morgan fingerprint density at radius 1 is 1.19 bits per heavy atom. The summed E-state index contributed by atoms with van der Waals surface area (Å²) < 4.78 is 6.37. The molecule has 6 nitrogen and oxygen atoms in total. The summed E-state index contributed by atoms with van der Waals surface area (Å²) in [5.41, 5.74) is 2.53. The topological polar surface area (TPSA) is 80.9 Å². The molecule has 0 fully saturated rings. The molecular weight excluding hydrogens is 443 g/mol. The Kier molecular flexibility index (Phi) is 5.65. The molecule has 0 aliphatic rings. The van der Waals surface area contributed by atoms with Crippen LogP contribution in [0.4, 0.5) is 0 Å². The molecule has 1 aromatic carbocycles. The Balaban J connectivity index is 1.85. The van der Waals surface area contributed by atoms with Crippen LogP contribution >= 0.6 is 22.6 Å². The Bertz CT molecular complexity index is 909. The second-order valence-electron chi connectivity index (χ2n) is 6.32. The van der Waals surface area contributed by atoms with E-state index in [0.717, 1.165) is 14.7 Å². The summed E-state index contributed by atoms with van der Waals surface area (Å²) in [4.78, 5) is 21.2. The molecule has 0 aliphatic carbocycles. The Labute approximate surface area is 165 Å². The number of nitrogens with zero attached hydrogens (tertiary/aromatic N) is 3. The maximum atomic E-state index is 12.8. The van der Waals surface area contributed by atoms with Gasteiger partial charge in [-0.3, -0.25) is 9.78 Å². The maximum absolute atomic E-state index is 12.8. The first kappa shape index (κ1) is 18.5. The van der Waals surface area contributed by atoms with Gasteiger partial charge in [0.05, 0.1) is 5.56 Å². The third kappa shape index (κ3) is 3.92. The van der Waals surface area contributed by atoms with Crippen molar-refractivity contribution < 1.29 is 9.32 Å². The molecule has 0 spiro atoms. The van der Waals surface area contributed by atoms with Crippen molar-refractivity contribution in [2.75, 3.05) is 0 Å². The van der Waals surface area contributed by atoms with E-state index in [1.54, 1.807) is 12.4 Å². The van der Waals surface area contributed by atoms with Gasteiger partial charge in [0.2, 0.25) is 11.7 Å². The van der Waals surface area contributed by atoms with Crippen molar-refractivity contribution in [3.05, 3.63) is 63.3 Å². The van der Waals surface area contributed by atoms with Crippen molar-refractivity contribution in [1.29, 1.82) is 0 Å². The van der Waals surface area contributed by atoms with Gasteiger partial charge >= 0.3 is 0 Å². The van der Waals surface area contributed by atoms with Gasteiger partial charge < -0.3 is 9.84 Å². The van der Waals surface area contributed by atoms with Crippen molar-refractivity contribution >= 4 is 28.5 Å². The molecule has 0 radical (unpaired) electrons. The first-order valence-corrected chi connectivity index (χ1v) is 9.35. The van der Waals surface area contributed by atoms with Crippen molar-refractivity contribution in [3.8, 4) is 11.4 Å². The fourth-order valence-electron chi connectivity index (χ4n) is 2.54. The van der Waals surface area contributed by atoms with Gasteiger partial charge in [0, 0.05) is 21.5 Å². The summed E-state index contributed by atoms with van der Waals surface area (Å²) >= 11 is 2.19. The molecule has 1 N–H and O–H groups in total. The minimum absolute atomic E-state index is 0.0900. The van der Waals surface area contributed by atoms with Crippen molar-refractivity contribution in [3.63, 3.8) is 0 Å². The molecule has 134 valence electrons. The molecule has 2 aromatic heterocycles. The monoisotopic (exact) mass is 462 g/mol. The lowest BCUT2D eigenvalue weighted by molar-refractivity contribution is 0.0913. The third-order valence-corrected chi connectivity index (χ3v) is 5.47. The molecule has 1 atom stereocenters. The Hall–Kier alpha value is -2.29. The smallest absolute Gasteiger partial charge is 0.253 e. The van der Waals surface area contributed by atoms with Crippen molar-refractivity contribution in [2.45, 2.75) is 26.8 Å². The van der Waals surface area contributed by atoms with E-state index in [2.05, 4.69) is 43.0 Å². The molecule has 3 rings (SSSR count). The van der Waals surface area contributed by atoms with Gasteiger partial charge in [-0.05, 0) is 59.2 Å². The van der Waals surface area contributed by atoms with Gasteiger partial charge in [-0.15, -0.1) is 0 Å². The second-order valence-corrected chi connectivity index (χ2v) is 7.40. The zero-order chi connectivity index (χ0) is 18.7. The Morgan fingerprint density at radius 2 is 1.92 bits per heavy atom. The third-order valence-electron chi connectivity index (χ3n) is 4.04. The summed E-state index contributed by atoms with van der Waals surface area (Å²) in [7, 11) is 0. The van der Waals surface area contributed by atoms with Crippen LogP contribution in [-0.2, 0) is 0 Å². The lowest BCUT2D eigenvalue weighted by Crippen LogP contribution is -2.32. The number of carbonyl (C=O) groups excluding carboxylic acids is 1. The zero-order valence-corrected chi connectivity index (χ0v) is 16.9. The van der Waals surface area contributed by atoms with Crippen LogP contribution in [0.3, 0.4) is 0 Å². The number of aromatic nitrogens is 3. The van der Waals surface area contributed by atoms with E-state index < -0.39 is 0 Å². The molecule has 0 aliphatic heterocycles. The fraction of sp³-hybridized carbons (Fsp3) is 0.263. The van der Waals surface area contributed by atoms with Crippen LogP contribution in [0.15, 0.2) is 47.2 Å². The number of carbonyl (C=O) groups is 1. The molecule has 0 bridgehead atoms. The van der Waals surface area contributed by atoms with Gasteiger partial charge in [-0.1, -0.05) is 31.1 Å². The molecule has 7 heteroatoms. The molecule has 3 aromatic rings. The molecular formula is C19H19IN4O2. The molecule has 0 saturated carbocycles. The molecule has 1 unspecified atom stereocenters. The Morgan fingerprint density at radius 3 is 2.62 bits per heavy atom. The average molecular weight is 462 g/mol. The summed E-state index contributed by atoms with van der Waals surface area (Å²) in [6.07, 6.45) is 3.35. The number of nitrogens with one attached hydrogen (secondary N) is 1. The number of aryl methyl sites for hydroxylation is 1.